The lowest BCUT2D eigenvalue weighted by atomic mass is 10.0. The summed E-state index contributed by atoms with van der Waals surface area (Å²) in [5, 5.41) is 0. The second-order valence-corrected chi connectivity index (χ2v) is 5.45. The van der Waals surface area contributed by atoms with Crippen molar-refractivity contribution in [1.29, 1.82) is 0 Å². The Morgan fingerprint density at radius 2 is 2.29 bits per heavy atom. The number of nitrogens with zero attached hydrogens (tertiary/aromatic N) is 1. The molecule has 0 aromatic carbocycles. The van der Waals surface area contributed by atoms with Crippen molar-refractivity contribution in [1.82, 2.24) is 4.90 Å². The van der Waals surface area contributed by atoms with E-state index in [2.05, 4.69) is 31.7 Å². The highest BCUT2D eigenvalue weighted by molar-refractivity contribution is 5.20. The first-order valence-corrected chi connectivity index (χ1v) is 6.64. The molecule has 1 aromatic rings. The van der Waals surface area contributed by atoms with Crippen LogP contribution in [0.4, 0.5) is 0 Å². The van der Waals surface area contributed by atoms with Gasteiger partial charge in [-0.2, -0.15) is 0 Å². The van der Waals surface area contributed by atoms with Gasteiger partial charge in [0.15, 0.2) is 0 Å². The number of furan rings is 1. The van der Waals surface area contributed by atoms with E-state index in [1.54, 1.807) is 0 Å². The van der Waals surface area contributed by atoms with Gasteiger partial charge in [-0.3, -0.25) is 4.90 Å². The van der Waals surface area contributed by atoms with E-state index in [1.165, 1.54) is 24.9 Å². The molecule has 1 aromatic heterocycles. The molecule has 3 heteroatoms. The number of rotatable bonds is 4. The van der Waals surface area contributed by atoms with Crippen LogP contribution >= 0.6 is 0 Å². The molecular weight excluding hydrogens is 212 g/mol. The highest BCUT2D eigenvalue weighted by Gasteiger charge is 2.27. The Morgan fingerprint density at radius 1 is 1.53 bits per heavy atom. The smallest absolute Gasteiger partial charge is 0.120 e. The molecule has 0 spiro atoms. The highest BCUT2D eigenvalue weighted by Crippen LogP contribution is 2.26. The minimum absolute atomic E-state index is 0.499. The van der Waals surface area contributed by atoms with E-state index in [-0.39, 0.29) is 0 Å². The lowest BCUT2D eigenvalue weighted by Gasteiger charge is -2.26. The van der Waals surface area contributed by atoms with Crippen molar-refractivity contribution >= 4 is 0 Å². The molecule has 1 aliphatic heterocycles. The average molecular weight is 236 g/mol. The van der Waals surface area contributed by atoms with E-state index < -0.39 is 0 Å². The number of likely N-dealkylation sites (tertiary alicyclic amines) is 1. The van der Waals surface area contributed by atoms with Crippen molar-refractivity contribution in [3.63, 3.8) is 0 Å². The minimum atomic E-state index is 0.499. The molecule has 96 valence electrons. The normalized spacial score (nSPS) is 21.6. The summed E-state index contributed by atoms with van der Waals surface area (Å²) in [6.45, 7) is 9.31. The van der Waals surface area contributed by atoms with Gasteiger partial charge < -0.3 is 10.2 Å². The first kappa shape index (κ1) is 12.7. The molecule has 0 amide bonds. The quantitative estimate of drug-likeness (QED) is 0.874. The summed E-state index contributed by atoms with van der Waals surface area (Å²) in [7, 11) is 0. The first-order valence-electron chi connectivity index (χ1n) is 6.64. The van der Waals surface area contributed by atoms with E-state index >= 15 is 0 Å². The SMILES string of the molecule is Cc1cc(CN2CCCC2C(C)C)oc1CN. The van der Waals surface area contributed by atoms with Crippen LogP contribution in [0.1, 0.15) is 43.8 Å². The highest BCUT2D eigenvalue weighted by atomic mass is 16.3. The van der Waals surface area contributed by atoms with E-state index in [4.69, 9.17) is 10.2 Å². The predicted molar refractivity (Wildman–Crippen MR) is 69.6 cm³/mol. The maximum Gasteiger partial charge on any atom is 0.120 e. The molecule has 0 saturated carbocycles. The summed E-state index contributed by atoms with van der Waals surface area (Å²) >= 11 is 0. The zero-order valence-electron chi connectivity index (χ0n) is 11.2. The number of hydrogen-bond acceptors (Lipinski definition) is 3. The van der Waals surface area contributed by atoms with Crippen molar-refractivity contribution in [2.24, 2.45) is 11.7 Å². The molecular formula is C14H24N2O. The van der Waals surface area contributed by atoms with E-state index in [0.717, 1.165) is 24.0 Å². The van der Waals surface area contributed by atoms with Gasteiger partial charge in [0.1, 0.15) is 11.5 Å². The van der Waals surface area contributed by atoms with Gasteiger partial charge in [0.2, 0.25) is 0 Å². The summed E-state index contributed by atoms with van der Waals surface area (Å²) in [4.78, 5) is 2.54. The zero-order chi connectivity index (χ0) is 12.4. The van der Waals surface area contributed by atoms with Crippen LogP contribution in [0.3, 0.4) is 0 Å². The lowest BCUT2D eigenvalue weighted by molar-refractivity contribution is 0.184. The fraction of sp³-hybridized carbons (Fsp3) is 0.714. The molecule has 1 fully saturated rings. The molecule has 1 unspecified atom stereocenters. The zero-order valence-corrected chi connectivity index (χ0v) is 11.2. The Kier molecular flexibility index (Phi) is 3.89. The lowest BCUT2D eigenvalue weighted by Crippen LogP contribution is -2.32. The molecule has 3 nitrogen and oxygen atoms in total. The predicted octanol–water partition coefficient (Wildman–Crippen LogP) is 2.67. The molecule has 1 aliphatic rings. The van der Waals surface area contributed by atoms with Gasteiger partial charge in [-0.1, -0.05) is 13.8 Å². The Labute approximate surface area is 104 Å². The minimum Gasteiger partial charge on any atom is -0.463 e. The van der Waals surface area contributed by atoms with Gasteiger partial charge in [0.25, 0.3) is 0 Å². The number of hydrogen-bond donors (Lipinski definition) is 1. The second kappa shape index (κ2) is 5.23. The van der Waals surface area contributed by atoms with Crippen LogP contribution in [0.5, 0.6) is 0 Å². The van der Waals surface area contributed by atoms with Gasteiger partial charge in [-0.05, 0) is 43.9 Å². The standard InChI is InChI=1S/C14H24N2O/c1-10(2)13-5-4-6-16(13)9-12-7-11(3)14(8-15)17-12/h7,10,13H,4-6,8-9,15H2,1-3H3. The van der Waals surface area contributed by atoms with Gasteiger partial charge in [-0.25, -0.2) is 0 Å². The Bertz CT molecular complexity index is 370. The molecule has 2 N–H and O–H groups in total. The molecule has 2 heterocycles. The van der Waals surface area contributed by atoms with Crippen molar-refractivity contribution in [3.05, 3.63) is 23.2 Å². The number of nitrogens with two attached hydrogens (primary N) is 1. The summed E-state index contributed by atoms with van der Waals surface area (Å²) in [6.07, 6.45) is 2.63. The molecule has 0 bridgehead atoms. The van der Waals surface area contributed by atoms with Gasteiger partial charge in [0, 0.05) is 6.04 Å². The third kappa shape index (κ3) is 2.72. The molecule has 0 radical (unpaired) electrons. The summed E-state index contributed by atoms with van der Waals surface area (Å²) in [5.74, 6) is 2.72. The fourth-order valence-electron chi connectivity index (χ4n) is 2.87. The van der Waals surface area contributed by atoms with Gasteiger partial charge in [0.05, 0.1) is 13.1 Å². The Balaban J connectivity index is 2.04. The maximum absolute atomic E-state index is 5.79. The summed E-state index contributed by atoms with van der Waals surface area (Å²) < 4.78 is 5.79. The molecule has 17 heavy (non-hydrogen) atoms. The van der Waals surface area contributed by atoms with Crippen LogP contribution in [0.2, 0.25) is 0 Å². The monoisotopic (exact) mass is 236 g/mol. The van der Waals surface area contributed by atoms with Crippen LogP contribution in [0.15, 0.2) is 10.5 Å². The van der Waals surface area contributed by atoms with Crippen LogP contribution in [-0.4, -0.2) is 17.5 Å². The molecule has 1 saturated heterocycles. The van der Waals surface area contributed by atoms with E-state index in [9.17, 15) is 0 Å². The van der Waals surface area contributed by atoms with Crippen LogP contribution < -0.4 is 5.73 Å². The van der Waals surface area contributed by atoms with Crippen molar-refractivity contribution in [2.75, 3.05) is 6.54 Å². The average Bonchev–Trinajstić information content (AvgIpc) is 2.85. The third-order valence-corrected chi connectivity index (χ3v) is 3.80. The fourth-order valence-corrected chi connectivity index (χ4v) is 2.87. The Hall–Kier alpha value is -0.800. The van der Waals surface area contributed by atoms with Gasteiger partial charge in [-0.15, -0.1) is 0 Å². The Morgan fingerprint density at radius 3 is 2.88 bits per heavy atom. The van der Waals surface area contributed by atoms with Crippen LogP contribution in [-0.2, 0) is 13.1 Å². The largest absolute Gasteiger partial charge is 0.463 e. The van der Waals surface area contributed by atoms with Crippen LogP contribution in [0, 0.1) is 12.8 Å². The van der Waals surface area contributed by atoms with E-state index in [0.29, 0.717) is 12.6 Å². The summed E-state index contributed by atoms with van der Waals surface area (Å²) in [5.41, 5.74) is 6.82. The van der Waals surface area contributed by atoms with Crippen molar-refractivity contribution in [3.8, 4) is 0 Å². The topological polar surface area (TPSA) is 42.4 Å². The maximum atomic E-state index is 5.79. The van der Waals surface area contributed by atoms with Crippen molar-refractivity contribution < 1.29 is 4.42 Å². The number of aryl methyl sites for hydroxylation is 1. The van der Waals surface area contributed by atoms with Crippen LogP contribution in [0.25, 0.3) is 0 Å². The molecule has 0 aliphatic carbocycles. The second-order valence-electron chi connectivity index (χ2n) is 5.45. The van der Waals surface area contributed by atoms with Gasteiger partial charge >= 0.3 is 0 Å². The summed E-state index contributed by atoms with van der Waals surface area (Å²) in [6, 6.07) is 2.85. The first-order chi connectivity index (χ1) is 8.11. The molecule has 1 atom stereocenters. The third-order valence-electron chi connectivity index (χ3n) is 3.80. The van der Waals surface area contributed by atoms with Crippen molar-refractivity contribution in [2.45, 2.75) is 52.7 Å². The van der Waals surface area contributed by atoms with E-state index in [1.807, 2.05) is 0 Å². The molecule has 2 rings (SSSR count).